The standard InChI is InChI=1S/C14H15NO/c1-2-6-13-12(4-1)5-3-7-14(13)16-10-11-8-15-9-11/h1-7,11,15H,8-10H2. The minimum Gasteiger partial charge on any atom is -0.493 e. The van der Waals surface area contributed by atoms with Crippen LogP contribution in [0.3, 0.4) is 0 Å². The van der Waals surface area contributed by atoms with Gasteiger partial charge in [0.15, 0.2) is 0 Å². The van der Waals surface area contributed by atoms with Crippen molar-refractivity contribution in [3.8, 4) is 5.75 Å². The number of fused-ring (bicyclic) bond motifs is 1. The Morgan fingerprint density at radius 3 is 2.69 bits per heavy atom. The molecular weight excluding hydrogens is 198 g/mol. The van der Waals surface area contributed by atoms with Crippen LogP contribution in [0.1, 0.15) is 0 Å². The number of ether oxygens (including phenoxy) is 1. The molecule has 1 N–H and O–H groups in total. The molecule has 0 unspecified atom stereocenters. The monoisotopic (exact) mass is 213 g/mol. The first kappa shape index (κ1) is 9.67. The number of rotatable bonds is 3. The lowest BCUT2D eigenvalue weighted by molar-refractivity contribution is 0.201. The molecule has 1 heterocycles. The lowest BCUT2D eigenvalue weighted by atomic mass is 10.1. The van der Waals surface area contributed by atoms with E-state index in [0.717, 1.165) is 25.4 Å². The van der Waals surface area contributed by atoms with Crippen molar-refractivity contribution in [3.63, 3.8) is 0 Å². The van der Waals surface area contributed by atoms with E-state index < -0.39 is 0 Å². The van der Waals surface area contributed by atoms with Gasteiger partial charge in [-0.15, -0.1) is 0 Å². The van der Waals surface area contributed by atoms with E-state index in [4.69, 9.17) is 4.74 Å². The summed E-state index contributed by atoms with van der Waals surface area (Å²) in [6, 6.07) is 14.6. The summed E-state index contributed by atoms with van der Waals surface area (Å²) in [5.41, 5.74) is 0. The molecule has 16 heavy (non-hydrogen) atoms. The van der Waals surface area contributed by atoms with Crippen LogP contribution in [0, 0.1) is 5.92 Å². The number of hydrogen-bond acceptors (Lipinski definition) is 2. The Labute approximate surface area is 95.2 Å². The molecule has 0 amide bonds. The third-order valence-corrected chi connectivity index (χ3v) is 3.09. The van der Waals surface area contributed by atoms with Crippen molar-refractivity contribution in [1.82, 2.24) is 5.32 Å². The Kier molecular flexibility index (Phi) is 2.50. The van der Waals surface area contributed by atoms with E-state index in [1.54, 1.807) is 0 Å². The van der Waals surface area contributed by atoms with Crippen molar-refractivity contribution in [3.05, 3.63) is 42.5 Å². The normalized spacial score (nSPS) is 16.0. The van der Waals surface area contributed by atoms with Crippen molar-refractivity contribution >= 4 is 10.8 Å². The van der Waals surface area contributed by atoms with Crippen LogP contribution in [0.5, 0.6) is 5.75 Å². The van der Waals surface area contributed by atoms with Crippen LogP contribution < -0.4 is 10.1 Å². The molecule has 0 aromatic heterocycles. The fourth-order valence-corrected chi connectivity index (χ4v) is 2.00. The molecule has 1 fully saturated rings. The Morgan fingerprint density at radius 2 is 1.88 bits per heavy atom. The zero-order valence-electron chi connectivity index (χ0n) is 9.15. The second-order valence-electron chi connectivity index (χ2n) is 4.31. The minimum atomic E-state index is 0.680. The summed E-state index contributed by atoms with van der Waals surface area (Å²) in [6.45, 7) is 3.00. The molecule has 3 rings (SSSR count). The first-order chi connectivity index (χ1) is 7.93. The topological polar surface area (TPSA) is 21.3 Å². The largest absolute Gasteiger partial charge is 0.493 e. The Bertz CT molecular complexity index is 486. The zero-order valence-corrected chi connectivity index (χ0v) is 9.15. The molecule has 2 nitrogen and oxygen atoms in total. The van der Waals surface area contributed by atoms with Crippen LogP contribution in [-0.2, 0) is 0 Å². The first-order valence-electron chi connectivity index (χ1n) is 5.75. The second kappa shape index (κ2) is 4.14. The summed E-state index contributed by atoms with van der Waals surface area (Å²) in [5, 5.41) is 5.70. The van der Waals surface area contributed by atoms with Crippen molar-refractivity contribution < 1.29 is 4.74 Å². The highest BCUT2D eigenvalue weighted by molar-refractivity contribution is 5.88. The van der Waals surface area contributed by atoms with Crippen LogP contribution >= 0.6 is 0 Å². The molecule has 1 saturated heterocycles. The lowest BCUT2D eigenvalue weighted by Gasteiger charge is -2.27. The Balaban J connectivity index is 1.84. The van der Waals surface area contributed by atoms with Gasteiger partial charge in [-0.3, -0.25) is 0 Å². The van der Waals surface area contributed by atoms with Crippen LogP contribution in [0.25, 0.3) is 10.8 Å². The molecule has 0 radical (unpaired) electrons. The molecule has 82 valence electrons. The molecule has 1 aliphatic rings. The van der Waals surface area contributed by atoms with Gasteiger partial charge < -0.3 is 10.1 Å². The van der Waals surface area contributed by atoms with Gasteiger partial charge >= 0.3 is 0 Å². The Hall–Kier alpha value is -1.54. The van der Waals surface area contributed by atoms with E-state index in [1.807, 2.05) is 0 Å². The average Bonchev–Trinajstić information content (AvgIpc) is 2.27. The molecular formula is C14H15NO. The maximum absolute atomic E-state index is 5.88. The molecule has 0 bridgehead atoms. The molecule has 2 aromatic carbocycles. The summed E-state index contributed by atoms with van der Waals surface area (Å²) in [5.74, 6) is 1.68. The number of hydrogen-bond donors (Lipinski definition) is 1. The van der Waals surface area contributed by atoms with Crippen molar-refractivity contribution in [2.45, 2.75) is 0 Å². The maximum Gasteiger partial charge on any atom is 0.127 e. The second-order valence-corrected chi connectivity index (χ2v) is 4.31. The molecule has 0 saturated carbocycles. The van der Waals surface area contributed by atoms with E-state index in [1.165, 1.54) is 10.8 Å². The van der Waals surface area contributed by atoms with Gasteiger partial charge in [0.05, 0.1) is 6.61 Å². The summed E-state index contributed by atoms with van der Waals surface area (Å²) in [7, 11) is 0. The van der Waals surface area contributed by atoms with Crippen molar-refractivity contribution in [2.75, 3.05) is 19.7 Å². The van der Waals surface area contributed by atoms with Crippen LogP contribution in [0.4, 0.5) is 0 Å². The van der Waals surface area contributed by atoms with Gasteiger partial charge in [-0.2, -0.15) is 0 Å². The predicted molar refractivity (Wildman–Crippen MR) is 65.8 cm³/mol. The van der Waals surface area contributed by atoms with E-state index in [2.05, 4.69) is 47.8 Å². The average molecular weight is 213 g/mol. The van der Waals surface area contributed by atoms with Gasteiger partial charge in [0.2, 0.25) is 0 Å². The highest BCUT2D eigenvalue weighted by Gasteiger charge is 2.17. The number of benzene rings is 2. The first-order valence-corrected chi connectivity index (χ1v) is 5.75. The Morgan fingerprint density at radius 1 is 1.06 bits per heavy atom. The van der Waals surface area contributed by atoms with E-state index in [9.17, 15) is 0 Å². The fraction of sp³-hybridized carbons (Fsp3) is 0.286. The number of nitrogens with one attached hydrogen (secondary N) is 1. The van der Waals surface area contributed by atoms with E-state index in [-0.39, 0.29) is 0 Å². The van der Waals surface area contributed by atoms with Gasteiger partial charge in [0, 0.05) is 24.4 Å². The van der Waals surface area contributed by atoms with Gasteiger partial charge in [0.25, 0.3) is 0 Å². The highest BCUT2D eigenvalue weighted by Crippen LogP contribution is 2.25. The summed E-state index contributed by atoms with van der Waals surface area (Å²) >= 11 is 0. The van der Waals surface area contributed by atoms with Crippen molar-refractivity contribution in [1.29, 1.82) is 0 Å². The van der Waals surface area contributed by atoms with Gasteiger partial charge in [0.1, 0.15) is 5.75 Å². The maximum atomic E-state index is 5.88. The highest BCUT2D eigenvalue weighted by atomic mass is 16.5. The van der Waals surface area contributed by atoms with Crippen LogP contribution in [-0.4, -0.2) is 19.7 Å². The lowest BCUT2D eigenvalue weighted by Crippen LogP contribution is -2.45. The van der Waals surface area contributed by atoms with Crippen LogP contribution in [0.2, 0.25) is 0 Å². The summed E-state index contributed by atoms with van der Waals surface area (Å²) in [6.07, 6.45) is 0. The molecule has 1 aliphatic heterocycles. The summed E-state index contributed by atoms with van der Waals surface area (Å²) in [4.78, 5) is 0. The third-order valence-electron chi connectivity index (χ3n) is 3.09. The quantitative estimate of drug-likeness (QED) is 0.845. The summed E-state index contributed by atoms with van der Waals surface area (Å²) < 4.78 is 5.88. The minimum absolute atomic E-state index is 0.680. The molecule has 2 aromatic rings. The molecule has 0 spiro atoms. The van der Waals surface area contributed by atoms with Gasteiger partial charge in [-0.25, -0.2) is 0 Å². The molecule has 0 aliphatic carbocycles. The fourth-order valence-electron chi connectivity index (χ4n) is 2.00. The van der Waals surface area contributed by atoms with Gasteiger partial charge in [-0.05, 0) is 11.5 Å². The van der Waals surface area contributed by atoms with Gasteiger partial charge in [-0.1, -0.05) is 36.4 Å². The zero-order chi connectivity index (χ0) is 10.8. The molecule has 2 heteroatoms. The van der Waals surface area contributed by atoms with Crippen molar-refractivity contribution in [2.24, 2.45) is 5.92 Å². The SMILES string of the molecule is c1ccc2c(OCC3CNC3)cccc2c1. The van der Waals surface area contributed by atoms with E-state index >= 15 is 0 Å². The predicted octanol–water partition coefficient (Wildman–Crippen LogP) is 2.44. The van der Waals surface area contributed by atoms with Crippen LogP contribution in [0.15, 0.2) is 42.5 Å². The molecule has 0 atom stereocenters. The smallest absolute Gasteiger partial charge is 0.127 e. The third kappa shape index (κ3) is 1.76. The van der Waals surface area contributed by atoms with E-state index in [0.29, 0.717) is 5.92 Å².